The topological polar surface area (TPSA) is 85.6 Å². The van der Waals surface area contributed by atoms with Crippen LogP contribution < -0.4 is 9.64 Å². The zero-order valence-corrected chi connectivity index (χ0v) is 17.9. The van der Waals surface area contributed by atoms with E-state index in [9.17, 15) is 19.3 Å². The van der Waals surface area contributed by atoms with E-state index in [4.69, 9.17) is 16.3 Å². The first kappa shape index (κ1) is 21.7. The van der Waals surface area contributed by atoms with Crippen molar-refractivity contribution < 1.29 is 18.8 Å². The molecule has 0 bridgehead atoms. The molecular formula is C20H17ClFN3O4S. The third-order valence-electron chi connectivity index (χ3n) is 4.17. The van der Waals surface area contributed by atoms with Crippen molar-refractivity contribution in [3.63, 3.8) is 0 Å². The lowest BCUT2D eigenvalue weighted by Gasteiger charge is -2.22. The first-order valence-electron chi connectivity index (χ1n) is 8.76. The van der Waals surface area contributed by atoms with Gasteiger partial charge in [0.25, 0.3) is 5.69 Å². The van der Waals surface area contributed by atoms with E-state index >= 15 is 0 Å². The third-order valence-corrected chi connectivity index (χ3v) is 5.33. The van der Waals surface area contributed by atoms with Crippen molar-refractivity contribution in [3.8, 4) is 5.75 Å². The van der Waals surface area contributed by atoms with Gasteiger partial charge in [-0.05, 0) is 37.1 Å². The fourth-order valence-electron chi connectivity index (χ4n) is 2.92. The Morgan fingerprint density at radius 1 is 1.33 bits per heavy atom. The fraction of sp³-hybridized carbons (Fsp3) is 0.200. The maximum Gasteiger partial charge on any atom is 0.272 e. The Morgan fingerprint density at radius 3 is 2.67 bits per heavy atom. The number of aromatic nitrogens is 1. The highest BCUT2D eigenvalue weighted by atomic mass is 35.5. The van der Waals surface area contributed by atoms with E-state index in [0.29, 0.717) is 21.5 Å². The molecule has 7 nitrogen and oxygen atoms in total. The molecule has 0 saturated carbocycles. The molecule has 2 aromatic carbocycles. The second-order valence-corrected chi connectivity index (χ2v) is 7.79. The number of nitro benzene ring substituents is 1. The summed E-state index contributed by atoms with van der Waals surface area (Å²) in [6.07, 6.45) is 0. The van der Waals surface area contributed by atoms with Gasteiger partial charge in [-0.25, -0.2) is 9.37 Å². The number of thiazole rings is 1. The van der Waals surface area contributed by atoms with Gasteiger partial charge in [0.2, 0.25) is 5.91 Å². The van der Waals surface area contributed by atoms with Gasteiger partial charge >= 0.3 is 0 Å². The lowest BCUT2D eigenvalue weighted by atomic mass is 10.1. The number of nitro groups is 1. The van der Waals surface area contributed by atoms with E-state index < -0.39 is 10.7 Å². The van der Waals surface area contributed by atoms with Crippen molar-refractivity contribution in [3.05, 3.63) is 73.5 Å². The number of non-ortho nitro benzene ring substituents is 1. The summed E-state index contributed by atoms with van der Waals surface area (Å²) in [6.45, 7) is 5.12. The minimum Gasteiger partial charge on any atom is -0.484 e. The number of carbonyl (C=O) groups is 1. The van der Waals surface area contributed by atoms with E-state index in [-0.39, 0.29) is 24.0 Å². The number of benzene rings is 2. The summed E-state index contributed by atoms with van der Waals surface area (Å²) in [4.78, 5) is 28.2. The quantitative estimate of drug-likeness (QED) is 0.354. The van der Waals surface area contributed by atoms with E-state index in [0.717, 1.165) is 23.3 Å². The van der Waals surface area contributed by atoms with E-state index in [1.165, 1.54) is 29.2 Å². The fourth-order valence-corrected chi connectivity index (χ4v) is 4.18. The zero-order valence-electron chi connectivity index (χ0n) is 16.3. The standard InChI is InChI=1S/C20H17ClFN3O4S/c1-11-6-12(2)19(16(21)7-11)24(13(3)26)20-23-14(10-30-20)9-29-18-5-4-15(25(27)28)8-17(18)22/h4-8,10H,9H2,1-3H3. The van der Waals surface area contributed by atoms with Gasteiger partial charge in [-0.1, -0.05) is 17.7 Å². The second-order valence-electron chi connectivity index (χ2n) is 6.55. The lowest BCUT2D eigenvalue weighted by Crippen LogP contribution is -2.24. The third kappa shape index (κ3) is 4.58. The van der Waals surface area contributed by atoms with Crippen LogP contribution in [0.5, 0.6) is 5.75 Å². The number of hydrogen-bond acceptors (Lipinski definition) is 6. The predicted octanol–water partition coefficient (Wildman–Crippen LogP) is 5.72. The van der Waals surface area contributed by atoms with Crippen LogP contribution in [-0.2, 0) is 11.4 Å². The van der Waals surface area contributed by atoms with Crippen LogP contribution in [0.15, 0.2) is 35.7 Å². The van der Waals surface area contributed by atoms with E-state index in [1.807, 2.05) is 19.9 Å². The molecule has 0 radical (unpaired) electrons. The Kier molecular flexibility index (Phi) is 6.33. The Balaban J connectivity index is 1.83. The van der Waals surface area contributed by atoms with Gasteiger partial charge < -0.3 is 4.74 Å². The molecule has 156 valence electrons. The summed E-state index contributed by atoms with van der Waals surface area (Å²) in [5.41, 5.74) is 2.47. The smallest absolute Gasteiger partial charge is 0.272 e. The number of aryl methyl sites for hydroxylation is 2. The average Bonchev–Trinajstić information content (AvgIpc) is 3.11. The summed E-state index contributed by atoms with van der Waals surface area (Å²) in [5.74, 6) is -1.23. The molecule has 0 aliphatic rings. The van der Waals surface area contributed by atoms with Crippen molar-refractivity contribution in [2.75, 3.05) is 4.90 Å². The molecule has 0 unspecified atom stereocenters. The maximum absolute atomic E-state index is 14.0. The Morgan fingerprint density at radius 2 is 2.07 bits per heavy atom. The molecule has 0 saturated heterocycles. The molecular weight excluding hydrogens is 433 g/mol. The van der Waals surface area contributed by atoms with Crippen LogP contribution in [0.1, 0.15) is 23.7 Å². The normalized spacial score (nSPS) is 10.7. The van der Waals surface area contributed by atoms with Gasteiger partial charge in [-0.2, -0.15) is 0 Å². The minimum atomic E-state index is -0.841. The molecule has 3 aromatic rings. The van der Waals surface area contributed by atoms with E-state index in [1.54, 1.807) is 11.4 Å². The highest BCUT2D eigenvalue weighted by Gasteiger charge is 2.23. The van der Waals surface area contributed by atoms with Gasteiger partial charge in [-0.3, -0.25) is 19.8 Å². The van der Waals surface area contributed by atoms with Crippen LogP contribution in [0.25, 0.3) is 0 Å². The van der Waals surface area contributed by atoms with Crippen LogP contribution in [-0.4, -0.2) is 15.8 Å². The minimum absolute atomic E-state index is 0.0718. The molecule has 0 atom stereocenters. The van der Waals surface area contributed by atoms with Crippen molar-refractivity contribution in [2.24, 2.45) is 0 Å². The van der Waals surface area contributed by atoms with Crippen LogP contribution in [0.4, 0.5) is 20.9 Å². The average molecular weight is 450 g/mol. The highest BCUT2D eigenvalue weighted by Crippen LogP contribution is 2.37. The monoisotopic (exact) mass is 449 g/mol. The number of anilines is 2. The largest absolute Gasteiger partial charge is 0.484 e. The number of amides is 1. The maximum atomic E-state index is 14.0. The molecule has 1 amide bonds. The van der Waals surface area contributed by atoms with Gasteiger partial charge in [0.05, 0.1) is 27.4 Å². The molecule has 30 heavy (non-hydrogen) atoms. The summed E-state index contributed by atoms with van der Waals surface area (Å²) >= 11 is 7.61. The molecule has 1 heterocycles. The van der Waals surface area contributed by atoms with E-state index in [2.05, 4.69) is 4.98 Å². The lowest BCUT2D eigenvalue weighted by molar-refractivity contribution is -0.385. The number of nitrogens with zero attached hydrogens (tertiary/aromatic N) is 3. The van der Waals surface area contributed by atoms with Gasteiger partial charge in [0.15, 0.2) is 16.7 Å². The van der Waals surface area contributed by atoms with Crippen molar-refractivity contribution in [2.45, 2.75) is 27.4 Å². The first-order chi connectivity index (χ1) is 14.2. The predicted molar refractivity (Wildman–Crippen MR) is 113 cm³/mol. The van der Waals surface area contributed by atoms with Crippen molar-refractivity contribution in [1.82, 2.24) is 4.98 Å². The second kappa shape index (κ2) is 8.76. The number of halogens is 2. The molecule has 0 spiro atoms. The summed E-state index contributed by atoms with van der Waals surface area (Å²) in [5, 5.41) is 13.2. The SMILES string of the molecule is CC(=O)N(c1nc(COc2ccc([N+](=O)[O-])cc2F)cs1)c1c(C)cc(C)cc1Cl. The van der Waals surface area contributed by atoms with Gasteiger partial charge in [-0.15, -0.1) is 11.3 Å². The van der Waals surface area contributed by atoms with Crippen LogP contribution in [0, 0.1) is 29.8 Å². The molecule has 1 aromatic heterocycles. The molecule has 10 heteroatoms. The van der Waals surface area contributed by atoms with Crippen molar-refractivity contribution >= 4 is 45.4 Å². The number of carbonyl (C=O) groups excluding carboxylic acids is 1. The molecule has 3 rings (SSSR count). The Hall–Kier alpha value is -3.04. The van der Waals surface area contributed by atoms with Crippen molar-refractivity contribution in [1.29, 1.82) is 0 Å². The van der Waals surface area contributed by atoms with Crippen LogP contribution in [0.2, 0.25) is 5.02 Å². The summed E-state index contributed by atoms with van der Waals surface area (Å²) < 4.78 is 19.4. The molecule has 0 aliphatic carbocycles. The van der Waals surface area contributed by atoms with Gasteiger partial charge in [0.1, 0.15) is 6.61 Å². The zero-order chi connectivity index (χ0) is 22.0. The molecule has 0 fully saturated rings. The molecule has 0 aliphatic heterocycles. The summed E-state index contributed by atoms with van der Waals surface area (Å²) in [6, 6.07) is 6.84. The van der Waals surface area contributed by atoms with Crippen LogP contribution in [0.3, 0.4) is 0 Å². The number of hydrogen-bond donors (Lipinski definition) is 0. The number of ether oxygens (including phenoxy) is 1. The molecule has 0 N–H and O–H groups in total. The Labute approximate surface area is 180 Å². The highest BCUT2D eigenvalue weighted by molar-refractivity contribution is 7.14. The van der Waals surface area contributed by atoms with Crippen LogP contribution >= 0.6 is 22.9 Å². The van der Waals surface area contributed by atoms with Gasteiger partial charge in [0, 0.05) is 18.4 Å². The Bertz CT molecular complexity index is 1110. The first-order valence-corrected chi connectivity index (χ1v) is 10.0. The number of rotatable bonds is 6. The summed E-state index contributed by atoms with van der Waals surface area (Å²) in [7, 11) is 0.